The smallest absolute Gasteiger partial charge is 0.328 e. The van der Waals surface area contributed by atoms with Crippen LogP contribution in [-0.2, 0) is 9.59 Å². The average molecular weight is 220 g/mol. The van der Waals surface area contributed by atoms with Crippen LogP contribution >= 0.6 is 0 Å². The number of hydrogen-bond acceptors (Lipinski definition) is 4. The minimum absolute atomic E-state index is 0.160. The number of carbonyl (C=O) groups is 3. The summed E-state index contributed by atoms with van der Waals surface area (Å²) in [5.74, 6) is -2.84. The van der Waals surface area contributed by atoms with Gasteiger partial charge >= 0.3 is 6.03 Å². The van der Waals surface area contributed by atoms with Gasteiger partial charge in [-0.25, -0.2) is 4.79 Å². The van der Waals surface area contributed by atoms with E-state index in [9.17, 15) is 19.5 Å². The highest BCUT2D eigenvalue weighted by molar-refractivity contribution is 6.19. The van der Waals surface area contributed by atoms with Gasteiger partial charge in [0.05, 0.1) is 0 Å². The van der Waals surface area contributed by atoms with E-state index >= 15 is 0 Å². The van der Waals surface area contributed by atoms with Crippen LogP contribution in [0.3, 0.4) is 0 Å². The van der Waals surface area contributed by atoms with E-state index in [0.29, 0.717) is 0 Å². The Morgan fingerprint density at radius 3 is 2.12 bits per heavy atom. The molecule has 1 aliphatic heterocycles. The number of urea groups is 1. The Balaban J connectivity index is 2.41. The number of phenols is 1. The summed E-state index contributed by atoms with van der Waals surface area (Å²) in [5, 5.41) is 13.4. The van der Waals surface area contributed by atoms with Crippen molar-refractivity contribution in [1.29, 1.82) is 0 Å². The molecule has 1 aliphatic rings. The van der Waals surface area contributed by atoms with E-state index in [1.54, 1.807) is 12.1 Å². The molecule has 0 spiro atoms. The van der Waals surface area contributed by atoms with Crippen molar-refractivity contribution < 1.29 is 19.5 Å². The van der Waals surface area contributed by atoms with Crippen molar-refractivity contribution >= 4 is 17.8 Å². The maximum Gasteiger partial charge on any atom is 0.328 e. The van der Waals surface area contributed by atoms with E-state index < -0.39 is 23.8 Å². The molecule has 0 bridgehead atoms. The second-order valence-electron chi connectivity index (χ2n) is 3.30. The van der Waals surface area contributed by atoms with Crippen molar-refractivity contribution in [3.05, 3.63) is 29.8 Å². The number of benzene rings is 1. The van der Waals surface area contributed by atoms with Crippen LogP contribution in [0.1, 0.15) is 11.5 Å². The number of aromatic hydroxyl groups is 1. The zero-order chi connectivity index (χ0) is 11.7. The molecule has 0 radical (unpaired) electrons. The van der Waals surface area contributed by atoms with E-state index in [1.165, 1.54) is 12.1 Å². The second-order valence-corrected chi connectivity index (χ2v) is 3.30. The van der Waals surface area contributed by atoms with Crippen LogP contribution in [0, 0.1) is 0 Å². The normalized spacial score (nSPS) is 16.9. The molecule has 1 heterocycles. The molecule has 16 heavy (non-hydrogen) atoms. The predicted octanol–water partition coefficient (Wildman–Crippen LogP) is -0.158. The van der Waals surface area contributed by atoms with Gasteiger partial charge in [0.1, 0.15) is 11.7 Å². The lowest BCUT2D eigenvalue weighted by molar-refractivity contribution is -0.132. The molecular formula is C10H8N2O4. The molecule has 4 amide bonds. The molecule has 6 nitrogen and oxygen atoms in total. The van der Waals surface area contributed by atoms with Gasteiger partial charge in [-0.05, 0) is 6.07 Å². The van der Waals surface area contributed by atoms with E-state index in [-0.39, 0.29) is 11.3 Å². The van der Waals surface area contributed by atoms with Crippen LogP contribution in [0.15, 0.2) is 24.3 Å². The van der Waals surface area contributed by atoms with Crippen molar-refractivity contribution in [1.82, 2.24) is 10.6 Å². The fourth-order valence-electron chi connectivity index (χ4n) is 1.53. The van der Waals surface area contributed by atoms with Gasteiger partial charge < -0.3 is 5.11 Å². The lowest BCUT2D eigenvalue weighted by Crippen LogP contribution is -2.54. The summed E-state index contributed by atoms with van der Waals surface area (Å²) >= 11 is 0. The number of hydrogen-bond donors (Lipinski definition) is 3. The summed E-state index contributed by atoms with van der Waals surface area (Å²) < 4.78 is 0. The summed E-state index contributed by atoms with van der Waals surface area (Å²) in [6.07, 6.45) is 0. The first-order valence-electron chi connectivity index (χ1n) is 4.53. The first kappa shape index (κ1) is 10.2. The van der Waals surface area contributed by atoms with Crippen molar-refractivity contribution in [2.45, 2.75) is 5.92 Å². The number of amides is 4. The summed E-state index contributed by atoms with van der Waals surface area (Å²) in [6, 6.07) is 5.14. The van der Waals surface area contributed by atoms with Crippen LogP contribution < -0.4 is 10.6 Å². The molecule has 0 unspecified atom stereocenters. The van der Waals surface area contributed by atoms with Gasteiger partial charge in [0, 0.05) is 5.56 Å². The van der Waals surface area contributed by atoms with Crippen LogP contribution in [-0.4, -0.2) is 23.0 Å². The largest absolute Gasteiger partial charge is 0.508 e. The average Bonchev–Trinajstić information content (AvgIpc) is 2.19. The highest BCUT2D eigenvalue weighted by atomic mass is 16.3. The van der Waals surface area contributed by atoms with Crippen LogP contribution in [0.2, 0.25) is 0 Å². The van der Waals surface area contributed by atoms with Crippen molar-refractivity contribution in [3.8, 4) is 5.75 Å². The Morgan fingerprint density at radius 2 is 1.56 bits per heavy atom. The number of rotatable bonds is 1. The highest BCUT2D eigenvalue weighted by Gasteiger charge is 2.36. The molecule has 0 saturated carbocycles. The lowest BCUT2D eigenvalue weighted by Gasteiger charge is -2.21. The zero-order valence-electron chi connectivity index (χ0n) is 8.06. The van der Waals surface area contributed by atoms with Crippen LogP contribution in [0.25, 0.3) is 0 Å². The zero-order valence-corrected chi connectivity index (χ0v) is 8.06. The van der Waals surface area contributed by atoms with Gasteiger partial charge in [-0.2, -0.15) is 0 Å². The highest BCUT2D eigenvalue weighted by Crippen LogP contribution is 2.26. The van der Waals surface area contributed by atoms with Crippen molar-refractivity contribution in [2.75, 3.05) is 0 Å². The first-order valence-corrected chi connectivity index (χ1v) is 4.53. The second kappa shape index (κ2) is 3.65. The third kappa shape index (κ3) is 1.60. The van der Waals surface area contributed by atoms with E-state index in [2.05, 4.69) is 0 Å². The maximum atomic E-state index is 11.5. The summed E-state index contributed by atoms with van der Waals surface area (Å²) in [4.78, 5) is 33.7. The number of para-hydroxylation sites is 1. The third-order valence-electron chi connectivity index (χ3n) is 2.25. The molecule has 82 valence electrons. The number of phenolic OH excluding ortho intramolecular Hbond substituents is 1. The van der Waals surface area contributed by atoms with Crippen molar-refractivity contribution in [3.63, 3.8) is 0 Å². The van der Waals surface area contributed by atoms with Gasteiger partial charge in [-0.3, -0.25) is 20.2 Å². The van der Waals surface area contributed by atoms with E-state index in [0.717, 1.165) is 0 Å². The maximum absolute atomic E-state index is 11.5. The fourth-order valence-corrected chi connectivity index (χ4v) is 1.53. The van der Waals surface area contributed by atoms with E-state index in [4.69, 9.17) is 0 Å². The monoisotopic (exact) mass is 220 g/mol. The molecule has 0 atom stereocenters. The number of barbiturate groups is 1. The molecule has 1 saturated heterocycles. The molecule has 1 aromatic carbocycles. The molecular weight excluding hydrogens is 212 g/mol. The number of nitrogens with one attached hydrogen (secondary N) is 2. The molecule has 1 fully saturated rings. The fraction of sp³-hybridized carbons (Fsp3) is 0.100. The molecule has 1 aromatic rings. The standard InChI is InChI=1S/C10H8N2O4/c13-6-4-2-1-3-5(6)7-8(14)11-10(16)12-9(7)15/h1-4,7,13H,(H2,11,12,14,15,16). The summed E-state index contributed by atoms with van der Waals surface area (Å²) in [5.41, 5.74) is 0.171. The van der Waals surface area contributed by atoms with Crippen molar-refractivity contribution in [2.24, 2.45) is 0 Å². The SMILES string of the molecule is O=C1NC(=O)C(c2ccccc2O)C(=O)N1. The van der Waals surface area contributed by atoms with E-state index in [1.807, 2.05) is 10.6 Å². The first-order chi connectivity index (χ1) is 7.59. The molecule has 3 N–H and O–H groups in total. The molecule has 2 rings (SSSR count). The quantitative estimate of drug-likeness (QED) is 0.573. The Labute approximate surface area is 90.3 Å². The van der Waals surface area contributed by atoms with Crippen LogP contribution in [0.5, 0.6) is 5.75 Å². The van der Waals surface area contributed by atoms with Gasteiger partial charge in [0.2, 0.25) is 11.8 Å². The number of carbonyl (C=O) groups excluding carboxylic acids is 3. The lowest BCUT2D eigenvalue weighted by atomic mass is 9.95. The third-order valence-corrected chi connectivity index (χ3v) is 2.25. The Kier molecular flexibility index (Phi) is 2.32. The Morgan fingerprint density at radius 1 is 1.00 bits per heavy atom. The molecule has 0 aliphatic carbocycles. The summed E-state index contributed by atoms with van der Waals surface area (Å²) in [6.45, 7) is 0. The topological polar surface area (TPSA) is 95.5 Å². The van der Waals surface area contributed by atoms with Gasteiger partial charge in [-0.1, -0.05) is 18.2 Å². The van der Waals surface area contributed by atoms with Gasteiger partial charge in [0.25, 0.3) is 0 Å². The van der Waals surface area contributed by atoms with Gasteiger partial charge in [-0.15, -0.1) is 0 Å². The minimum atomic E-state index is -1.20. The molecule has 0 aromatic heterocycles. The Bertz CT molecular complexity index is 463. The van der Waals surface area contributed by atoms with Crippen LogP contribution in [0.4, 0.5) is 4.79 Å². The number of imide groups is 2. The predicted molar refractivity (Wildman–Crippen MR) is 52.5 cm³/mol. The Hall–Kier alpha value is -2.37. The van der Waals surface area contributed by atoms with Gasteiger partial charge in [0.15, 0.2) is 0 Å². The molecule has 6 heteroatoms. The minimum Gasteiger partial charge on any atom is -0.508 e. The summed E-state index contributed by atoms with van der Waals surface area (Å²) in [7, 11) is 0.